The van der Waals surface area contributed by atoms with Gasteiger partial charge in [-0.25, -0.2) is 0 Å². The van der Waals surface area contributed by atoms with Gasteiger partial charge in [-0.05, 0) is 37.3 Å². The Hall–Kier alpha value is -1.36. The van der Waals surface area contributed by atoms with E-state index in [-0.39, 0.29) is 28.9 Å². The van der Waals surface area contributed by atoms with Crippen molar-refractivity contribution in [3.05, 3.63) is 11.3 Å². The minimum absolute atomic E-state index is 0.00454. The van der Waals surface area contributed by atoms with Crippen molar-refractivity contribution in [1.82, 2.24) is 9.80 Å². The molecule has 5 nitrogen and oxygen atoms in total. The third-order valence-corrected chi connectivity index (χ3v) is 6.16. The summed E-state index contributed by atoms with van der Waals surface area (Å²) in [5.41, 5.74) is 2.98. The Bertz CT molecular complexity index is 666. The van der Waals surface area contributed by atoms with Gasteiger partial charge in [0.2, 0.25) is 0 Å². The molecule has 0 amide bonds. The third-order valence-electron chi connectivity index (χ3n) is 6.16. The summed E-state index contributed by atoms with van der Waals surface area (Å²) in [7, 11) is 1.50. The van der Waals surface area contributed by atoms with Crippen LogP contribution in [-0.4, -0.2) is 59.9 Å². The van der Waals surface area contributed by atoms with Gasteiger partial charge >= 0.3 is 5.97 Å². The summed E-state index contributed by atoms with van der Waals surface area (Å²) in [6, 6.07) is 0.466. The number of ether oxygens (including phenoxy) is 1. The SMILES string of the molecule is COC(=O)C1CCCN1[C@H]1CC2=C(C(C)(C)C)[C@H](C)N=C(C(C)(C)C)N2C1. The van der Waals surface area contributed by atoms with Gasteiger partial charge < -0.3 is 9.64 Å². The molecule has 3 rings (SSSR count). The highest BCUT2D eigenvalue weighted by Crippen LogP contribution is 2.44. The van der Waals surface area contributed by atoms with E-state index in [4.69, 9.17) is 9.73 Å². The largest absolute Gasteiger partial charge is 0.468 e. The second-order valence-electron chi connectivity index (χ2n) is 10.4. The quantitative estimate of drug-likeness (QED) is 0.688. The summed E-state index contributed by atoms with van der Waals surface area (Å²) in [6.45, 7) is 17.8. The molecule has 0 radical (unpaired) electrons. The van der Waals surface area contributed by atoms with Crippen LogP contribution in [0.1, 0.15) is 67.7 Å². The highest BCUT2D eigenvalue weighted by Gasteiger charge is 2.46. The summed E-state index contributed by atoms with van der Waals surface area (Å²) in [5.74, 6) is 1.11. The number of carbonyl (C=O) groups is 1. The lowest BCUT2D eigenvalue weighted by atomic mass is 9.79. The summed E-state index contributed by atoms with van der Waals surface area (Å²) >= 11 is 0. The van der Waals surface area contributed by atoms with Gasteiger partial charge in [-0.15, -0.1) is 0 Å². The summed E-state index contributed by atoms with van der Waals surface area (Å²) in [6.07, 6.45) is 2.97. The van der Waals surface area contributed by atoms with Gasteiger partial charge in [0.15, 0.2) is 0 Å². The number of methoxy groups -OCH3 is 1. The molecule has 0 aromatic carbocycles. The maximum Gasteiger partial charge on any atom is 0.323 e. The van der Waals surface area contributed by atoms with Crippen LogP contribution < -0.4 is 0 Å². The molecule has 3 atom stereocenters. The lowest BCUT2D eigenvalue weighted by Gasteiger charge is -2.41. The number of aliphatic imine (C=N–C) groups is 1. The van der Waals surface area contributed by atoms with E-state index in [2.05, 4.69) is 58.3 Å². The monoisotopic (exact) mass is 375 g/mol. The summed E-state index contributed by atoms with van der Waals surface area (Å²) in [5, 5.41) is 0. The van der Waals surface area contributed by atoms with Gasteiger partial charge in [-0.3, -0.25) is 14.7 Å². The van der Waals surface area contributed by atoms with Crippen molar-refractivity contribution in [3.8, 4) is 0 Å². The normalized spacial score (nSPS) is 29.9. The molecule has 0 spiro atoms. The smallest absolute Gasteiger partial charge is 0.323 e. The van der Waals surface area contributed by atoms with Crippen LogP contribution in [0.15, 0.2) is 16.3 Å². The van der Waals surface area contributed by atoms with E-state index >= 15 is 0 Å². The summed E-state index contributed by atoms with van der Waals surface area (Å²) in [4.78, 5) is 22.3. The van der Waals surface area contributed by atoms with Gasteiger partial charge in [0.25, 0.3) is 0 Å². The van der Waals surface area contributed by atoms with Crippen LogP contribution in [0.5, 0.6) is 0 Å². The fraction of sp³-hybridized carbons (Fsp3) is 0.818. The predicted octanol–water partition coefficient (Wildman–Crippen LogP) is 3.85. The second-order valence-corrected chi connectivity index (χ2v) is 10.4. The van der Waals surface area contributed by atoms with E-state index in [1.807, 2.05) is 0 Å². The standard InChI is InChI=1S/C22H37N3O2/c1-14-18(21(2,3)4)17-12-15(13-25(17)20(23-14)22(5,6)7)24-11-9-10-16(24)19(26)27-8/h14-16H,9-13H2,1-8H3/t14-,15-,16?/m0/s1. The van der Waals surface area contributed by atoms with Gasteiger partial charge in [0, 0.05) is 30.1 Å². The van der Waals surface area contributed by atoms with Crippen molar-refractivity contribution < 1.29 is 9.53 Å². The zero-order valence-electron chi connectivity index (χ0n) is 18.4. The molecule has 3 aliphatic heterocycles. The fourth-order valence-corrected chi connectivity index (χ4v) is 5.24. The Labute approximate surface area is 164 Å². The molecule has 0 aromatic rings. The van der Waals surface area contributed by atoms with Crippen LogP contribution in [0, 0.1) is 10.8 Å². The number of rotatable bonds is 2. The molecule has 0 N–H and O–H groups in total. The molecule has 1 unspecified atom stereocenters. The molecule has 0 aromatic heterocycles. The minimum Gasteiger partial charge on any atom is -0.468 e. The number of hydrogen-bond acceptors (Lipinski definition) is 5. The Kier molecular flexibility index (Phi) is 5.21. The van der Waals surface area contributed by atoms with Gasteiger partial charge in [-0.1, -0.05) is 41.5 Å². The van der Waals surface area contributed by atoms with Gasteiger partial charge in [0.05, 0.1) is 13.2 Å². The number of likely N-dealkylation sites (tertiary alicyclic amines) is 1. The number of esters is 1. The second kappa shape index (κ2) is 6.91. The van der Waals surface area contributed by atoms with Gasteiger partial charge in [0.1, 0.15) is 11.9 Å². The number of carbonyl (C=O) groups excluding carboxylic acids is 1. The zero-order valence-corrected chi connectivity index (χ0v) is 18.4. The van der Waals surface area contributed by atoms with Crippen LogP contribution in [0.3, 0.4) is 0 Å². The third kappa shape index (κ3) is 3.67. The molecule has 0 saturated carbocycles. The molecule has 3 aliphatic rings. The minimum atomic E-state index is -0.0903. The Balaban J connectivity index is 1.98. The highest BCUT2D eigenvalue weighted by molar-refractivity contribution is 5.90. The zero-order chi connectivity index (χ0) is 20.1. The first-order chi connectivity index (χ1) is 12.4. The predicted molar refractivity (Wildman–Crippen MR) is 110 cm³/mol. The first-order valence-corrected chi connectivity index (χ1v) is 10.4. The number of fused-ring (bicyclic) bond motifs is 1. The van der Waals surface area contributed by atoms with E-state index in [0.29, 0.717) is 6.04 Å². The molecule has 3 heterocycles. The molecule has 2 fully saturated rings. The van der Waals surface area contributed by atoms with E-state index in [0.717, 1.165) is 32.4 Å². The highest BCUT2D eigenvalue weighted by atomic mass is 16.5. The average molecular weight is 376 g/mol. The number of amidine groups is 1. The fourth-order valence-electron chi connectivity index (χ4n) is 5.24. The van der Waals surface area contributed by atoms with Crippen molar-refractivity contribution >= 4 is 11.8 Å². The van der Waals surface area contributed by atoms with Gasteiger partial charge in [-0.2, -0.15) is 0 Å². The van der Waals surface area contributed by atoms with E-state index in [1.165, 1.54) is 24.2 Å². The Morgan fingerprint density at radius 1 is 1.15 bits per heavy atom. The molecule has 2 saturated heterocycles. The van der Waals surface area contributed by atoms with Crippen LogP contribution in [0.4, 0.5) is 0 Å². The van der Waals surface area contributed by atoms with Crippen molar-refractivity contribution in [3.63, 3.8) is 0 Å². The maximum absolute atomic E-state index is 12.3. The molecule has 27 heavy (non-hydrogen) atoms. The number of nitrogens with zero attached hydrogens (tertiary/aromatic N) is 3. The van der Waals surface area contributed by atoms with Crippen LogP contribution in [0.2, 0.25) is 0 Å². The van der Waals surface area contributed by atoms with E-state index < -0.39 is 0 Å². The molecular weight excluding hydrogens is 338 g/mol. The Morgan fingerprint density at radius 2 is 1.81 bits per heavy atom. The molecule has 0 bridgehead atoms. The maximum atomic E-state index is 12.3. The van der Waals surface area contributed by atoms with Crippen LogP contribution >= 0.6 is 0 Å². The Morgan fingerprint density at radius 3 is 2.37 bits per heavy atom. The first kappa shape index (κ1) is 20.4. The van der Waals surface area contributed by atoms with Crippen LogP contribution in [0.25, 0.3) is 0 Å². The van der Waals surface area contributed by atoms with E-state index in [1.54, 1.807) is 0 Å². The molecular formula is C22H37N3O2. The van der Waals surface area contributed by atoms with E-state index in [9.17, 15) is 4.79 Å². The van der Waals surface area contributed by atoms with Crippen molar-refractivity contribution in [1.29, 1.82) is 0 Å². The van der Waals surface area contributed by atoms with Crippen molar-refractivity contribution in [2.24, 2.45) is 15.8 Å². The topological polar surface area (TPSA) is 45.1 Å². The average Bonchev–Trinajstić information content (AvgIpc) is 3.17. The summed E-state index contributed by atoms with van der Waals surface area (Å²) < 4.78 is 5.08. The van der Waals surface area contributed by atoms with Crippen molar-refractivity contribution in [2.75, 3.05) is 20.2 Å². The van der Waals surface area contributed by atoms with Crippen molar-refractivity contribution in [2.45, 2.75) is 85.9 Å². The molecule has 0 aliphatic carbocycles. The first-order valence-electron chi connectivity index (χ1n) is 10.4. The lowest BCUT2D eigenvalue weighted by Crippen LogP contribution is -2.47. The van der Waals surface area contributed by atoms with Crippen LogP contribution in [-0.2, 0) is 9.53 Å². The number of hydrogen-bond donors (Lipinski definition) is 0. The lowest BCUT2D eigenvalue weighted by molar-refractivity contribution is -0.146. The molecule has 5 heteroatoms. The molecule has 152 valence electrons.